The largest absolute Gasteiger partial charge is 0.497 e. The van der Waals surface area contributed by atoms with Gasteiger partial charge in [0.2, 0.25) is 5.16 Å². The minimum atomic E-state index is -0.717. The number of carbonyl (C=O) groups excluding carboxylic acids is 1. The summed E-state index contributed by atoms with van der Waals surface area (Å²) >= 11 is 1.06. The first-order valence-corrected chi connectivity index (χ1v) is 10.1. The topological polar surface area (TPSA) is 140 Å². The molecule has 2 N–H and O–H groups in total. The highest BCUT2D eigenvalue weighted by Gasteiger charge is 2.22. The Kier molecular flexibility index (Phi) is 6.35. The van der Waals surface area contributed by atoms with Gasteiger partial charge in [-0.25, -0.2) is 4.79 Å². The van der Waals surface area contributed by atoms with Gasteiger partial charge in [-0.05, 0) is 41.1 Å². The molecule has 3 rings (SSSR count). The van der Waals surface area contributed by atoms with Crippen LogP contribution < -0.4 is 21.7 Å². The lowest BCUT2D eigenvalue weighted by Crippen LogP contribution is -2.42. The molecular weight excluding hydrogens is 410 g/mol. The first-order valence-electron chi connectivity index (χ1n) is 9.07. The van der Waals surface area contributed by atoms with E-state index < -0.39 is 17.0 Å². The molecule has 1 aromatic carbocycles. The van der Waals surface area contributed by atoms with Crippen LogP contribution in [0, 0.1) is 0 Å². The van der Waals surface area contributed by atoms with Gasteiger partial charge in [0.15, 0.2) is 5.78 Å². The number of ether oxygens (including phenoxy) is 1. The van der Waals surface area contributed by atoms with Crippen LogP contribution in [0.3, 0.4) is 0 Å². The van der Waals surface area contributed by atoms with Crippen LogP contribution in [-0.2, 0) is 13.6 Å². The van der Waals surface area contributed by atoms with Crippen molar-refractivity contribution in [3.05, 3.63) is 50.7 Å². The normalized spacial score (nSPS) is 10.9. The number of carbonyl (C=O) groups is 1. The zero-order valence-corrected chi connectivity index (χ0v) is 17.5. The summed E-state index contributed by atoms with van der Waals surface area (Å²) < 4.78 is 8.73. The van der Waals surface area contributed by atoms with Gasteiger partial charge in [-0.15, -0.1) is 5.10 Å². The lowest BCUT2D eigenvalue weighted by Gasteiger charge is -2.13. The lowest BCUT2D eigenvalue weighted by molar-refractivity contribution is 0.102. The Morgan fingerprint density at radius 2 is 1.93 bits per heavy atom. The molecule has 0 radical (unpaired) electrons. The Morgan fingerprint density at radius 3 is 2.57 bits per heavy atom. The zero-order valence-electron chi connectivity index (χ0n) is 16.7. The second kappa shape index (κ2) is 8.95. The number of nitrogens with two attached hydrogens (primary N) is 1. The molecule has 0 aliphatic carbocycles. The highest BCUT2D eigenvalue weighted by molar-refractivity contribution is 7.99. The standard InChI is InChI=1S/C18H21N7O4S/c1-4-9-24-15(19)14(16(27)23(2)18(24)28)13(26)10-30-17-20-21-22-25(17)11-5-7-12(29-3)8-6-11/h5-8H,4,9-10,19H2,1-3H3. The molecule has 12 heteroatoms. The Balaban J connectivity index is 1.86. The van der Waals surface area contributed by atoms with E-state index in [1.54, 1.807) is 31.4 Å². The third kappa shape index (κ3) is 3.99. The van der Waals surface area contributed by atoms with Gasteiger partial charge in [0.05, 0.1) is 18.6 Å². The third-order valence-corrected chi connectivity index (χ3v) is 5.32. The summed E-state index contributed by atoms with van der Waals surface area (Å²) in [6.07, 6.45) is 0.626. The van der Waals surface area contributed by atoms with Crippen molar-refractivity contribution in [3.63, 3.8) is 0 Å². The van der Waals surface area contributed by atoms with E-state index in [-0.39, 0.29) is 17.1 Å². The molecular formula is C18H21N7O4S. The number of rotatable bonds is 8. The molecule has 158 valence electrons. The van der Waals surface area contributed by atoms with E-state index in [0.29, 0.717) is 29.6 Å². The molecule has 2 aromatic heterocycles. The van der Waals surface area contributed by atoms with E-state index in [9.17, 15) is 14.4 Å². The van der Waals surface area contributed by atoms with E-state index in [0.717, 1.165) is 16.3 Å². The molecule has 3 aromatic rings. The smallest absolute Gasteiger partial charge is 0.332 e. The van der Waals surface area contributed by atoms with Crippen LogP contribution in [0.1, 0.15) is 23.7 Å². The van der Waals surface area contributed by atoms with Gasteiger partial charge < -0.3 is 10.5 Å². The SMILES string of the molecule is CCCn1c(N)c(C(=O)CSc2nnnn2-c2ccc(OC)cc2)c(=O)n(C)c1=O. The number of hydrogen-bond acceptors (Lipinski definition) is 9. The van der Waals surface area contributed by atoms with Crippen LogP contribution in [0.25, 0.3) is 5.69 Å². The highest BCUT2D eigenvalue weighted by atomic mass is 32.2. The molecule has 0 fully saturated rings. The van der Waals surface area contributed by atoms with Crippen LogP contribution in [-0.4, -0.2) is 48.0 Å². The average Bonchev–Trinajstić information content (AvgIpc) is 3.22. The zero-order chi connectivity index (χ0) is 21.8. The van der Waals surface area contributed by atoms with Gasteiger partial charge >= 0.3 is 5.69 Å². The fourth-order valence-corrected chi connectivity index (χ4v) is 3.60. The number of methoxy groups -OCH3 is 1. The number of tetrazole rings is 1. The maximum absolute atomic E-state index is 12.8. The van der Waals surface area contributed by atoms with Gasteiger partial charge in [-0.1, -0.05) is 18.7 Å². The Bertz CT molecular complexity index is 1180. The van der Waals surface area contributed by atoms with E-state index >= 15 is 0 Å². The number of nitrogen functional groups attached to an aromatic ring is 1. The number of hydrogen-bond donors (Lipinski definition) is 1. The van der Waals surface area contributed by atoms with Crippen molar-refractivity contribution in [2.75, 3.05) is 18.6 Å². The summed E-state index contributed by atoms with van der Waals surface area (Å²) in [6.45, 7) is 2.18. The first kappa shape index (κ1) is 21.3. The van der Waals surface area contributed by atoms with Crippen molar-refractivity contribution in [2.45, 2.75) is 25.0 Å². The molecule has 11 nitrogen and oxygen atoms in total. The summed E-state index contributed by atoms with van der Waals surface area (Å²) in [5.74, 6) is -0.0671. The number of ketones is 1. The van der Waals surface area contributed by atoms with Crippen molar-refractivity contribution in [1.29, 1.82) is 0 Å². The van der Waals surface area contributed by atoms with Crippen molar-refractivity contribution in [2.24, 2.45) is 7.05 Å². The molecule has 0 saturated carbocycles. The monoisotopic (exact) mass is 431 g/mol. The molecule has 0 bridgehead atoms. The molecule has 0 saturated heterocycles. The van der Waals surface area contributed by atoms with Crippen LogP contribution >= 0.6 is 11.8 Å². The summed E-state index contributed by atoms with van der Waals surface area (Å²) in [5, 5.41) is 11.9. The summed E-state index contributed by atoms with van der Waals surface area (Å²) in [5.41, 5.74) is 5.21. The van der Waals surface area contributed by atoms with Crippen molar-refractivity contribution >= 4 is 23.4 Å². The van der Waals surface area contributed by atoms with E-state index in [1.165, 1.54) is 16.3 Å². The molecule has 2 heterocycles. The van der Waals surface area contributed by atoms with Gasteiger partial charge in [-0.3, -0.25) is 18.7 Å². The lowest BCUT2D eigenvalue weighted by atomic mass is 10.2. The van der Waals surface area contributed by atoms with E-state index in [2.05, 4.69) is 15.5 Å². The number of benzene rings is 1. The highest BCUT2D eigenvalue weighted by Crippen LogP contribution is 2.21. The summed E-state index contributed by atoms with van der Waals surface area (Å²) in [4.78, 5) is 37.6. The quantitative estimate of drug-likeness (QED) is 0.399. The van der Waals surface area contributed by atoms with Gasteiger partial charge in [0.25, 0.3) is 5.56 Å². The van der Waals surface area contributed by atoms with Gasteiger partial charge in [0, 0.05) is 13.6 Å². The second-order valence-electron chi connectivity index (χ2n) is 6.34. The van der Waals surface area contributed by atoms with Crippen LogP contribution in [0.15, 0.2) is 39.0 Å². The predicted octanol–water partition coefficient (Wildman–Crippen LogP) is 0.498. The first-order chi connectivity index (χ1) is 14.4. The molecule has 0 amide bonds. The van der Waals surface area contributed by atoms with E-state index in [4.69, 9.17) is 10.5 Å². The van der Waals surface area contributed by atoms with Crippen LogP contribution in [0.4, 0.5) is 5.82 Å². The number of aromatic nitrogens is 6. The molecule has 0 aliphatic heterocycles. The fourth-order valence-electron chi connectivity index (χ4n) is 2.84. The van der Waals surface area contributed by atoms with Crippen molar-refractivity contribution < 1.29 is 9.53 Å². The van der Waals surface area contributed by atoms with Crippen LogP contribution in [0.2, 0.25) is 0 Å². The minimum absolute atomic E-state index is 0.120. The summed E-state index contributed by atoms with van der Waals surface area (Å²) in [6, 6.07) is 7.07. The molecule has 0 unspecified atom stereocenters. The minimum Gasteiger partial charge on any atom is -0.497 e. The maximum Gasteiger partial charge on any atom is 0.332 e. The Morgan fingerprint density at radius 1 is 1.23 bits per heavy atom. The van der Waals surface area contributed by atoms with E-state index in [1.807, 2.05) is 6.92 Å². The number of nitrogens with zero attached hydrogens (tertiary/aromatic N) is 6. The fraction of sp³-hybridized carbons (Fsp3) is 0.333. The molecule has 0 spiro atoms. The number of anilines is 1. The Hall–Kier alpha value is -3.41. The Labute approximate surface area is 175 Å². The second-order valence-corrected chi connectivity index (χ2v) is 7.28. The van der Waals surface area contributed by atoms with Gasteiger partial charge in [-0.2, -0.15) is 4.68 Å². The third-order valence-electron chi connectivity index (χ3n) is 4.40. The molecule has 30 heavy (non-hydrogen) atoms. The predicted molar refractivity (Wildman–Crippen MR) is 111 cm³/mol. The molecule has 0 atom stereocenters. The van der Waals surface area contributed by atoms with Crippen molar-refractivity contribution in [1.82, 2.24) is 29.3 Å². The van der Waals surface area contributed by atoms with Crippen molar-refractivity contribution in [3.8, 4) is 11.4 Å². The molecule has 0 aliphatic rings. The average molecular weight is 431 g/mol. The number of thioether (sulfide) groups is 1. The van der Waals surface area contributed by atoms with Crippen LogP contribution in [0.5, 0.6) is 5.75 Å². The van der Waals surface area contributed by atoms with Gasteiger partial charge in [0.1, 0.15) is 17.1 Å². The number of Topliss-reactive ketones (excluding diaryl/α,β-unsaturated/α-hetero) is 1. The maximum atomic E-state index is 12.8. The summed E-state index contributed by atoms with van der Waals surface area (Å²) in [7, 11) is 2.89.